The average molecular weight is 426 g/mol. The molecule has 1 aliphatic heterocycles. The molecule has 8 heteroatoms. The molecule has 7 nitrogen and oxygen atoms in total. The average Bonchev–Trinajstić information content (AvgIpc) is 3.14. The van der Waals surface area contributed by atoms with Crippen LogP contribution < -0.4 is 10.6 Å². The number of thiazole rings is 1. The monoisotopic (exact) mass is 425 g/mol. The number of rotatable bonds is 13. The van der Waals surface area contributed by atoms with Crippen molar-refractivity contribution in [2.45, 2.75) is 46.1 Å². The van der Waals surface area contributed by atoms with Gasteiger partial charge in [0.05, 0.1) is 30.5 Å². The third-order valence-corrected chi connectivity index (χ3v) is 5.92. The number of nitrogens with one attached hydrogen (secondary N) is 2. The van der Waals surface area contributed by atoms with Crippen LogP contribution in [0.4, 0.5) is 0 Å². The van der Waals surface area contributed by atoms with Crippen molar-refractivity contribution in [1.29, 1.82) is 0 Å². The minimum absolute atomic E-state index is 0.649. The molecule has 29 heavy (non-hydrogen) atoms. The first-order chi connectivity index (χ1) is 14.2. The highest BCUT2D eigenvalue weighted by Crippen LogP contribution is 2.19. The van der Waals surface area contributed by atoms with E-state index in [9.17, 15) is 0 Å². The molecular weight excluding hydrogens is 386 g/mol. The van der Waals surface area contributed by atoms with Crippen molar-refractivity contribution < 1.29 is 9.47 Å². The summed E-state index contributed by atoms with van der Waals surface area (Å²) in [6.07, 6.45) is 4.72. The Balaban J connectivity index is 1.49. The van der Waals surface area contributed by atoms with Gasteiger partial charge in [0.1, 0.15) is 0 Å². The van der Waals surface area contributed by atoms with E-state index in [1.54, 1.807) is 11.3 Å². The second-order valence-electron chi connectivity index (χ2n) is 7.54. The molecule has 0 radical (unpaired) electrons. The SMILES string of the molecule is CCCCOCCOCCNC(=NC)NCC1CCN(Cc2csc(C)n2)CC1. The minimum Gasteiger partial charge on any atom is -0.379 e. The zero-order valence-corrected chi connectivity index (χ0v) is 19.2. The van der Waals surface area contributed by atoms with Gasteiger partial charge in [-0.05, 0) is 45.2 Å². The molecule has 1 aromatic heterocycles. The molecule has 0 aliphatic carbocycles. The van der Waals surface area contributed by atoms with Crippen molar-refractivity contribution in [1.82, 2.24) is 20.5 Å². The fourth-order valence-electron chi connectivity index (χ4n) is 3.33. The first kappa shape index (κ1) is 24.1. The van der Waals surface area contributed by atoms with Gasteiger partial charge < -0.3 is 20.1 Å². The number of hydrogen-bond acceptors (Lipinski definition) is 6. The predicted octanol–water partition coefficient (Wildman–Crippen LogP) is 2.66. The summed E-state index contributed by atoms with van der Waals surface area (Å²) in [4.78, 5) is 11.4. The molecule has 2 rings (SSSR count). The van der Waals surface area contributed by atoms with E-state index in [2.05, 4.69) is 44.7 Å². The van der Waals surface area contributed by atoms with Gasteiger partial charge in [0.15, 0.2) is 5.96 Å². The number of ether oxygens (including phenoxy) is 2. The lowest BCUT2D eigenvalue weighted by molar-refractivity contribution is 0.0487. The van der Waals surface area contributed by atoms with Crippen molar-refractivity contribution in [3.63, 3.8) is 0 Å². The van der Waals surface area contributed by atoms with Crippen LogP contribution in [0, 0.1) is 12.8 Å². The fourth-order valence-corrected chi connectivity index (χ4v) is 3.93. The van der Waals surface area contributed by atoms with Gasteiger partial charge in [0.25, 0.3) is 0 Å². The minimum atomic E-state index is 0.649. The lowest BCUT2D eigenvalue weighted by Gasteiger charge is -2.31. The Labute approximate surface area is 180 Å². The molecule has 0 saturated carbocycles. The van der Waals surface area contributed by atoms with Crippen LogP contribution in [0.15, 0.2) is 10.4 Å². The standard InChI is InChI=1S/C21H39N5O2S/c1-4-5-11-27-13-14-28-12-8-23-21(22-3)24-15-19-6-9-26(10-7-19)16-20-17-29-18(2)25-20/h17,19H,4-16H2,1-3H3,(H2,22,23,24). The van der Waals surface area contributed by atoms with Crippen molar-refractivity contribution >= 4 is 17.3 Å². The van der Waals surface area contributed by atoms with Gasteiger partial charge in [-0.1, -0.05) is 13.3 Å². The molecule has 2 N–H and O–H groups in total. The van der Waals surface area contributed by atoms with Gasteiger partial charge >= 0.3 is 0 Å². The van der Waals surface area contributed by atoms with E-state index >= 15 is 0 Å². The maximum atomic E-state index is 5.59. The van der Waals surface area contributed by atoms with Gasteiger partial charge in [0.2, 0.25) is 0 Å². The topological polar surface area (TPSA) is 71.0 Å². The lowest BCUT2D eigenvalue weighted by atomic mass is 9.97. The summed E-state index contributed by atoms with van der Waals surface area (Å²) in [7, 11) is 1.82. The van der Waals surface area contributed by atoms with Gasteiger partial charge in [-0.3, -0.25) is 9.89 Å². The molecule has 0 amide bonds. The molecular formula is C21H39N5O2S. The summed E-state index contributed by atoms with van der Waals surface area (Å²) in [5.41, 5.74) is 1.21. The maximum absolute atomic E-state index is 5.59. The van der Waals surface area contributed by atoms with Crippen molar-refractivity contribution in [3.8, 4) is 0 Å². The number of aryl methyl sites for hydroxylation is 1. The van der Waals surface area contributed by atoms with Crippen molar-refractivity contribution in [3.05, 3.63) is 16.1 Å². The van der Waals surface area contributed by atoms with Crippen molar-refractivity contribution in [2.75, 3.05) is 59.7 Å². The summed E-state index contributed by atoms with van der Waals surface area (Å²) >= 11 is 1.74. The number of aromatic nitrogens is 1. The Morgan fingerprint density at radius 2 is 1.97 bits per heavy atom. The second kappa shape index (κ2) is 14.7. The highest BCUT2D eigenvalue weighted by Gasteiger charge is 2.20. The predicted molar refractivity (Wildman–Crippen MR) is 121 cm³/mol. The number of guanidine groups is 1. The highest BCUT2D eigenvalue weighted by molar-refractivity contribution is 7.09. The number of aliphatic imine (C=N–C) groups is 1. The van der Waals surface area contributed by atoms with Gasteiger partial charge in [-0.15, -0.1) is 11.3 Å². The van der Waals surface area contributed by atoms with E-state index in [1.807, 2.05) is 7.05 Å². The van der Waals surface area contributed by atoms with Crippen LogP contribution in [-0.4, -0.2) is 75.5 Å². The smallest absolute Gasteiger partial charge is 0.191 e. The third-order valence-electron chi connectivity index (χ3n) is 5.09. The van der Waals surface area contributed by atoms with Gasteiger partial charge in [-0.25, -0.2) is 4.98 Å². The number of nitrogens with zero attached hydrogens (tertiary/aromatic N) is 3. The Morgan fingerprint density at radius 1 is 1.21 bits per heavy atom. The normalized spacial score (nSPS) is 16.3. The summed E-state index contributed by atoms with van der Waals surface area (Å²) in [5.74, 6) is 1.55. The highest BCUT2D eigenvalue weighted by atomic mass is 32.1. The second-order valence-corrected chi connectivity index (χ2v) is 8.60. The first-order valence-corrected chi connectivity index (χ1v) is 11.8. The fraction of sp³-hybridized carbons (Fsp3) is 0.810. The molecule has 0 bridgehead atoms. The van der Waals surface area contributed by atoms with Crippen LogP contribution in [0.3, 0.4) is 0 Å². The largest absolute Gasteiger partial charge is 0.379 e. The molecule has 1 aliphatic rings. The Hall–Kier alpha value is -1.22. The van der Waals surface area contributed by atoms with Crippen molar-refractivity contribution in [2.24, 2.45) is 10.9 Å². The lowest BCUT2D eigenvalue weighted by Crippen LogP contribution is -2.43. The Kier molecular flexibility index (Phi) is 12.2. The Bertz CT molecular complexity index is 573. The number of likely N-dealkylation sites (tertiary alicyclic amines) is 1. The van der Waals surface area contributed by atoms with Crippen LogP contribution in [-0.2, 0) is 16.0 Å². The summed E-state index contributed by atoms with van der Waals surface area (Å²) in [6.45, 7) is 12.0. The first-order valence-electron chi connectivity index (χ1n) is 10.9. The van der Waals surface area contributed by atoms with Crippen LogP contribution >= 0.6 is 11.3 Å². The number of unbranched alkanes of at least 4 members (excludes halogenated alkanes) is 1. The molecule has 0 unspecified atom stereocenters. The van der Waals surface area contributed by atoms with Gasteiger partial charge in [0, 0.05) is 38.7 Å². The molecule has 1 saturated heterocycles. The molecule has 166 valence electrons. The van der Waals surface area contributed by atoms with E-state index in [4.69, 9.17) is 9.47 Å². The zero-order valence-electron chi connectivity index (χ0n) is 18.4. The van der Waals surface area contributed by atoms with Crippen LogP contribution in [0.25, 0.3) is 0 Å². The maximum Gasteiger partial charge on any atom is 0.191 e. The van der Waals surface area contributed by atoms with E-state index in [0.29, 0.717) is 25.7 Å². The Morgan fingerprint density at radius 3 is 2.62 bits per heavy atom. The van der Waals surface area contributed by atoms with Gasteiger partial charge in [-0.2, -0.15) is 0 Å². The van der Waals surface area contributed by atoms with E-state index in [1.165, 1.54) is 25.0 Å². The molecule has 0 aromatic carbocycles. The number of piperidine rings is 1. The van der Waals surface area contributed by atoms with E-state index in [0.717, 1.165) is 56.7 Å². The molecule has 0 spiro atoms. The summed E-state index contributed by atoms with van der Waals surface area (Å²) in [5, 5.41) is 10.1. The van der Waals surface area contributed by atoms with Crippen LogP contribution in [0.5, 0.6) is 0 Å². The van der Waals surface area contributed by atoms with E-state index < -0.39 is 0 Å². The molecule has 0 atom stereocenters. The molecule has 1 aromatic rings. The zero-order chi connectivity index (χ0) is 20.7. The molecule has 1 fully saturated rings. The summed E-state index contributed by atoms with van der Waals surface area (Å²) < 4.78 is 11.1. The van der Waals surface area contributed by atoms with E-state index in [-0.39, 0.29) is 0 Å². The third kappa shape index (κ3) is 10.4. The summed E-state index contributed by atoms with van der Waals surface area (Å²) in [6, 6.07) is 0. The van der Waals surface area contributed by atoms with Crippen LogP contribution in [0.1, 0.15) is 43.3 Å². The van der Waals surface area contributed by atoms with Crippen LogP contribution in [0.2, 0.25) is 0 Å². The number of hydrogen-bond donors (Lipinski definition) is 2. The molecule has 2 heterocycles. The quantitative estimate of drug-likeness (QED) is 0.288.